The lowest BCUT2D eigenvalue weighted by Gasteiger charge is -2.36. The van der Waals surface area contributed by atoms with Gasteiger partial charge in [-0.25, -0.2) is 4.98 Å². The minimum Gasteiger partial charge on any atom is -0.469 e. The van der Waals surface area contributed by atoms with Crippen molar-refractivity contribution < 1.29 is 19.1 Å². The molecule has 2 aliphatic heterocycles. The van der Waals surface area contributed by atoms with E-state index in [9.17, 15) is 19.2 Å². The molecule has 2 aliphatic rings. The van der Waals surface area contributed by atoms with Gasteiger partial charge in [0.2, 0.25) is 5.91 Å². The van der Waals surface area contributed by atoms with Crippen LogP contribution in [0.5, 0.6) is 0 Å². The highest BCUT2D eigenvalue weighted by Crippen LogP contribution is 2.35. The molecule has 1 N–H and O–H groups in total. The predicted molar refractivity (Wildman–Crippen MR) is 142 cm³/mol. The Kier molecular flexibility index (Phi) is 7.46. The summed E-state index contributed by atoms with van der Waals surface area (Å²) in [7, 11) is 1.25. The molecule has 2 amide bonds. The Bertz CT molecular complexity index is 1350. The molecule has 0 unspecified atom stereocenters. The molecular formula is C24H27N5O5S2. The predicted octanol–water partition coefficient (Wildman–Crippen LogP) is 1.87. The highest BCUT2D eigenvalue weighted by atomic mass is 32.2. The molecule has 10 nitrogen and oxygen atoms in total. The number of piperazine rings is 1. The number of carbonyl (C=O) groups excluding carboxylic acids is 3. The van der Waals surface area contributed by atoms with Crippen molar-refractivity contribution in [3.8, 4) is 0 Å². The molecule has 0 bridgehead atoms. The van der Waals surface area contributed by atoms with Gasteiger partial charge in [-0.1, -0.05) is 37.0 Å². The third-order valence-electron chi connectivity index (χ3n) is 6.31. The number of aryl methyl sites for hydroxylation is 1. The van der Waals surface area contributed by atoms with Crippen molar-refractivity contribution in [1.29, 1.82) is 0 Å². The number of hydrogen-bond donors (Lipinski definition) is 1. The summed E-state index contributed by atoms with van der Waals surface area (Å²) < 4.78 is 6.63. The van der Waals surface area contributed by atoms with Gasteiger partial charge < -0.3 is 15.0 Å². The average Bonchev–Trinajstić information content (AvgIpc) is 3.14. The third kappa shape index (κ3) is 4.74. The molecule has 2 fully saturated rings. The summed E-state index contributed by atoms with van der Waals surface area (Å²) in [4.78, 5) is 60.0. The summed E-state index contributed by atoms with van der Waals surface area (Å²) >= 11 is 6.58. The number of fused-ring (bicyclic) bond motifs is 1. The summed E-state index contributed by atoms with van der Waals surface area (Å²) in [6.45, 7) is 6.36. The maximum atomic E-state index is 13.8. The zero-order valence-corrected chi connectivity index (χ0v) is 22.1. The third-order valence-corrected chi connectivity index (χ3v) is 7.64. The van der Waals surface area contributed by atoms with Crippen molar-refractivity contribution in [1.82, 2.24) is 19.6 Å². The fraction of sp³-hybridized carbons (Fsp3) is 0.417. The van der Waals surface area contributed by atoms with Gasteiger partial charge in [0, 0.05) is 25.3 Å². The van der Waals surface area contributed by atoms with E-state index in [4.69, 9.17) is 21.9 Å². The van der Waals surface area contributed by atoms with Gasteiger partial charge in [0.1, 0.15) is 21.8 Å². The van der Waals surface area contributed by atoms with Gasteiger partial charge in [0.15, 0.2) is 0 Å². The number of hydrogen-bond acceptors (Lipinski definition) is 9. The fourth-order valence-electron chi connectivity index (χ4n) is 4.18. The Morgan fingerprint density at radius 2 is 2.11 bits per heavy atom. The first-order chi connectivity index (χ1) is 17.2. The highest BCUT2D eigenvalue weighted by molar-refractivity contribution is 8.26. The van der Waals surface area contributed by atoms with Crippen LogP contribution in [0.3, 0.4) is 0 Å². The molecule has 0 spiro atoms. The molecule has 2 atom stereocenters. The zero-order valence-electron chi connectivity index (χ0n) is 20.4. The quantitative estimate of drug-likeness (QED) is 0.340. The molecule has 2 aromatic rings. The van der Waals surface area contributed by atoms with E-state index in [1.807, 2.05) is 26.8 Å². The Balaban J connectivity index is 1.91. The molecule has 12 heteroatoms. The second kappa shape index (κ2) is 10.4. The molecule has 2 saturated heterocycles. The summed E-state index contributed by atoms with van der Waals surface area (Å²) in [5, 5.41) is 2.75. The Hall–Kier alpha value is -3.25. The Morgan fingerprint density at radius 1 is 1.36 bits per heavy atom. The van der Waals surface area contributed by atoms with Gasteiger partial charge in [0.25, 0.3) is 11.5 Å². The van der Waals surface area contributed by atoms with Gasteiger partial charge in [-0.3, -0.25) is 28.5 Å². The first kappa shape index (κ1) is 25.8. The standard InChI is InChI=1S/C24H27N5O5S2/c1-5-14(3)29-23(33)17(36-24(29)35)10-15-20(26-18-7-6-13(2)12-28(18)22(15)32)27-9-8-25-21(31)16(27)11-19(30)34-4/h6-7,10,12,14,16H,5,8-9,11H2,1-4H3,(H,25,31)/b17-10-/t14-,16-/m1/s1. The monoisotopic (exact) mass is 529 g/mol. The fourth-order valence-corrected chi connectivity index (χ4v) is 5.62. The Labute approximate surface area is 217 Å². The van der Waals surface area contributed by atoms with Crippen molar-refractivity contribution in [2.75, 3.05) is 25.1 Å². The van der Waals surface area contributed by atoms with Crippen LogP contribution in [0.2, 0.25) is 0 Å². The molecule has 36 heavy (non-hydrogen) atoms. The molecule has 190 valence electrons. The summed E-state index contributed by atoms with van der Waals surface area (Å²) in [5.41, 5.74) is 0.990. The summed E-state index contributed by atoms with van der Waals surface area (Å²) in [6.07, 6.45) is 3.68. The van der Waals surface area contributed by atoms with Gasteiger partial charge in [-0.2, -0.15) is 0 Å². The van der Waals surface area contributed by atoms with Gasteiger partial charge in [-0.15, -0.1) is 0 Å². The van der Waals surface area contributed by atoms with E-state index < -0.39 is 17.6 Å². The van der Waals surface area contributed by atoms with Crippen LogP contribution < -0.4 is 15.8 Å². The number of amides is 2. The van der Waals surface area contributed by atoms with Crippen molar-refractivity contribution in [2.24, 2.45) is 0 Å². The van der Waals surface area contributed by atoms with Crippen LogP contribution >= 0.6 is 24.0 Å². The van der Waals surface area contributed by atoms with Gasteiger partial charge >= 0.3 is 5.97 Å². The average molecular weight is 530 g/mol. The lowest BCUT2D eigenvalue weighted by Crippen LogP contribution is -2.57. The molecular weight excluding hydrogens is 502 g/mol. The number of anilines is 1. The van der Waals surface area contributed by atoms with Crippen molar-refractivity contribution in [2.45, 2.75) is 45.7 Å². The van der Waals surface area contributed by atoms with Crippen molar-refractivity contribution in [3.63, 3.8) is 0 Å². The number of nitrogens with zero attached hydrogens (tertiary/aromatic N) is 4. The molecule has 0 saturated carbocycles. The van der Waals surface area contributed by atoms with Crippen LogP contribution in [0.15, 0.2) is 28.0 Å². The first-order valence-electron chi connectivity index (χ1n) is 11.6. The maximum Gasteiger partial charge on any atom is 0.308 e. The van der Waals surface area contributed by atoms with E-state index in [-0.39, 0.29) is 35.7 Å². The van der Waals surface area contributed by atoms with Crippen LogP contribution in [0, 0.1) is 6.92 Å². The number of thiocarbonyl (C=S) groups is 1. The Morgan fingerprint density at radius 3 is 2.81 bits per heavy atom. The zero-order chi connectivity index (χ0) is 26.1. The molecule has 0 aromatic carbocycles. The van der Waals surface area contributed by atoms with Crippen molar-refractivity contribution in [3.05, 3.63) is 44.7 Å². The first-order valence-corrected chi connectivity index (χ1v) is 12.8. The second-order valence-corrected chi connectivity index (χ2v) is 10.4. The number of ether oxygens (including phenoxy) is 1. The SMILES string of the molecule is CC[C@@H](C)N1C(=O)/C(=C/c2c(N3CCNC(=O)[C@H]3CC(=O)OC)nc3ccc(C)cn3c2=O)SC1=S. The number of aromatic nitrogens is 2. The van der Waals surface area contributed by atoms with Crippen molar-refractivity contribution >= 4 is 63.6 Å². The number of carbonyl (C=O) groups is 3. The molecule has 4 rings (SSSR count). The van der Waals surface area contributed by atoms with Crippen LogP contribution in [0.4, 0.5) is 5.82 Å². The minimum absolute atomic E-state index is 0.0865. The van der Waals surface area contributed by atoms with Gasteiger partial charge in [-0.05, 0) is 38.0 Å². The van der Waals surface area contributed by atoms with Crippen LogP contribution in [-0.4, -0.2) is 68.7 Å². The highest BCUT2D eigenvalue weighted by Gasteiger charge is 2.37. The maximum absolute atomic E-state index is 13.8. The number of pyridine rings is 1. The molecule has 0 radical (unpaired) electrons. The summed E-state index contributed by atoms with van der Waals surface area (Å²) in [6, 6.07) is 2.53. The molecule has 0 aliphatic carbocycles. The largest absolute Gasteiger partial charge is 0.469 e. The molecule has 4 heterocycles. The molecule has 2 aromatic heterocycles. The number of esters is 1. The van der Waals surface area contributed by atoms with E-state index in [2.05, 4.69) is 5.32 Å². The smallest absolute Gasteiger partial charge is 0.308 e. The van der Waals surface area contributed by atoms with Crippen LogP contribution in [-0.2, 0) is 19.1 Å². The normalized spacial score (nSPS) is 20.3. The van der Waals surface area contributed by atoms with E-state index in [0.29, 0.717) is 28.0 Å². The van der Waals surface area contributed by atoms with E-state index in [1.54, 1.807) is 22.1 Å². The second-order valence-electron chi connectivity index (χ2n) is 8.68. The topological polar surface area (TPSA) is 113 Å². The number of methoxy groups -OCH3 is 1. The van der Waals surface area contributed by atoms with E-state index >= 15 is 0 Å². The van der Waals surface area contributed by atoms with E-state index in [0.717, 1.165) is 23.7 Å². The lowest BCUT2D eigenvalue weighted by molar-refractivity contribution is -0.143. The van der Waals surface area contributed by atoms with E-state index in [1.165, 1.54) is 17.6 Å². The van der Waals surface area contributed by atoms with Gasteiger partial charge in [0.05, 0.1) is 24.0 Å². The van der Waals surface area contributed by atoms with Crippen LogP contribution in [0.1, 0.15) is 37.8 Å². The summed E-state index contributed by atoms with van der Waals surface area (Å²) in [5.74, 6) is -0.985. The number of rotatable bonds is 6. The number of nitrogens with one attached hydrogen (secondary N) is 1. The minimum atomic E-state index is -0.923. The lowest BCUT2D eigenvalue weighted by atomic mass is 10.1. The number of thioether (sulfide) groups is 1. The van der Waals surface area contributed by atoms with Crippen LogP contribution in [0.25, 0.3) is 11.7 Å².